The van der Waals surface area contributed by atoms with Crippen LogP contribution in [0.15, 0.2) is 28.8 Å². The lowest BCUT2D eigenvalue weighted by Crippen LogP contribution is -2.36. The van der Waals surface area contributed by atoms with Crippen molar-refractivity contribution in [3.05, 3.63) is 45.6 Å². The van der Waals surface area contributed by atoms with Crippen molar-refractivity contribution in [1.29, 1.82) is 0 Å². The molecule has 2 aromatic rings. The third kappa shape index (κ3) is 4.26. The fourth-order valence-corrected chi connectivity index (χ4v) is 3.59. The molecule has 23 heavy (non-hydrogen) atoms. The van der Waals surface area contributed by atoms with Crippen LogP contribution in [-0.4, -0.2) is 31.9 Å². The van der Waals surface area contributed by atoms with E-state index in [-0.39, 0.29) is 5.56 Å². The number of rotatable bonds is 5. The Bertz CT molecular complexity index is 672. The molecular formula is C17H24N4OS. The molecule has 1 aliphatic heterocycles. The Morgan fingerprint density at radius 2 is 2.13 bits per heavy atom. The lowest BCUT2D eigenvalue weighted by molar-refractivity contribution is 0.166. The van der Waals surface area contributed by atoms with Crippen molar-refractivity contribution < 1.29 is 0 Å². The quantitative estimate of drug-likeness (QED) is 0.845. The Hall–Kier alpha value is -1.53. The second kappa shape index (κ2) is 7.36. The minimum atomic E-state index is 0.0791. The maximum absolute atomic E-state index is 12.2. The van der Waals surface area contributed by atoms with Crippen LogP contribution in [0.5, 0.6) is 0 Å². The molecule has 0 aromatic carbocycles. The normalized spacial score (nSPS) is 17.0. The smallest absolute Gasteiger partial charge is 0.253 e. The molecule has 124 valence electrons. The highest BCUT2D eigenvalue weighted by molar-refractivity contribution is 7.03. The third-order valence-electron chi connectivity index (χ3n) is 4.54. The zero-order valence-electron chi connectivity index (χ0n) is 13.8. The van der Waals surface area contributed by atoms with Crippen molar-refractivity contribution >= 4 is 11.5 Å². The molecule has 1 saturated heterocycles. The van der Waals surface area contributed by atoms with E-state index in [4.69, 9.17) is 0 Å². The Morgan fingerprint density at radius 3 is 2.74 bits per heavy atom. The van der Waals surface area contributed by atoms with E-state index >= 15 is 0 Å². The first-order valence-electron chi connectivity index (χ1n) is 8.29. The van der Waals surface area contributed by atoms with E-state index in [2.05, 4.69) is 33.5 Å². The molecule has 3 rings (SSSR count). The number of hydrogen-bond acceptors (Lipinski definition) is 5. The van der Waals surface area contributed by atoms with Gasteiger partial charge < -0.3 is 0 Å². The number of aromatic nitrogens is 3. The molecule has 0 spiro atoms. The highest BCUT2D eigenvalue weighted by atomic mass is 32.1. The van der Waals surface area contributed by atoms with Gasteiger partial charge in [0.15, 0.2) is 0 Å². The lowest BCUT2D eigenvalue weighted by atomic mass is 9.96. The second-order valence-electron chi connectivity index (χ2n) is 6.71. The van der Waals surface area contributed by atoms with Crippen LogP contribution in [0.1, 0.15) is 43.9 Å². The van der Waals surface area contributed by atoms with Gasteiger partial charge in [-0.3, -0.25) is 14.3 Å². The minimum absolute atomic E-state index is 0.0791. The molecule has 3 heterocycles. The summed E-state index contributed by atoms with van der Waals surface area (Å²) in [5, 5.41) is 2.12. The number of likely N-dealkylation sites (tertiary alicyclic amines) is 1. The molecule has 1 fully saturated rings. The van der Waals surface area contributed by atoms with Crippen LogP contribution in [0.4, 0.5) is 0 Å². The third-order valence-corrected chi connectivity index (χ3v) is 5.18. The van der Waals surface area contributed by atoms with Crippen molar-refractivity contribution in [2.45, 2.75) is 45.7 Å². The fraction of sp³-hybridized carbons (Fsp3) is 0.588. The molecule has 2 aromatic heterocycles. The average Bonchev–Trinajstić information content (AvgIpc) is 3.04. The van der Waals surface area contributed by atoms with Gasteiger partial charge in [0.2, 0.25) is 0 Å². The van der Waals surface area contributed by atoms with Crippen molar-refractivity contribution in [3.8, 4) is 0 Å². The van der Waals surface area contributed by atoms with Crippen molar-refractivity contribution in [2.75, 3.05) is 13.1 Å². The second-order valence-corrected chi connectivity index (χ2v) is 7.37. The largest absolute Gasteiger partial charge is 0.299 e. The molecule has 0 saturated carbocycles. The van der Waals surface area contributed by atoms with E-state index < -0.39 is 0 Å². The van der Waals surface area contributed by atoms with E-state index in [0.717, 1.165) is 44.7 Å². The minimum Gasteiger partial charge on any atom is -0.299 e. The summed E-state index contributed by atoms with van der Waals surface area (Å²) < 4.78 is 5.93. The first-order valence-corrected chi connectivity index (χ1v) is 9.12. The topological polar surface area (TPSA) is 51.0 Å². The van der Waals surface area contributed by atoms with Gasteiger partial charge in [0, 0.05) is 30.7 Å². The zero-order valence-corrected chi connectivity index (χ0v) is 14.6. The van der Waals surface area contributed by atoms with Gasteiger partial charge in [-0.15, -0.1) is 0 Å². The number of nitrogens with zero attached hydrogens (tertiary/aromatic N) is 4. The van der Waals surface area contributed by atoms with Crippen LogP contribution < -0.4 is 5.56 Å². The molecule has 1 aliphatic rings. The van der Waals surface area contributed by atoms with Crippen LogP contribution in [0, 0.1) is 5.92 Å². The predicted octanol–water partition coefficient (Wildman–Crippen LogP) is 2.74. The summed E-state index contributed by atoms with van der Waals surface area (Å²) in [5.74, 6) is 0.864. The van der Waals surface area contributed by atoms with Crippen molar-refractivity contribution in [2.24, 2.45) is 5.92 Å². The van der Waals surface area contributed by atoms with Gasteiger partial charge in [-0.1, -0.05) is 13.8 Å². The van der Waals surface area contributed by atoms with Gasteiger partial charge in [0.1, 0.15) is 0 Å². The van der Waals surface area contributed by atoms with E-state index in [1.807, 2.05) is 6.20 Å². The maximum Gasteiger partial charge on any atom is 0.253 e. The Morgan fingerprint density at radius 1 is 1.35 bits per heavy atom. The summed E-state index contributed by atoms with van der Waals surface area (Å²) in [4.78, 5) is 19.1. The molecule has 6 heteroatoms. The van der Waals surface area contributed by atoms with Gasteiger partial charge in [-0.25, -0.2) is 9.36 Å². The predicted molar refractivity (Wildman–Crippen MR) is 92.7 cm³/mol. The Labute approximate surface area is 141 Å². The van der Waals surface area contributed by atoms with E-state index in [9.17, 15) is 4.79 Å². The molecule has 0 aliphatic carbocycles. The maximum atomic E-state index is 12.2. The highest BCUT2D eigenvalue weighted by Crippen LogP contribution is 2.20. The summed E-state index contributed by atoms with van der Waals surface area (Å²) in [7, 11) is 0. The summed E-state index contributed by atoms with van der Waals surface area (Å²) in [6.07, 6.45) is 5.95. The fourth-order valence-electron chi connectivity index (χ4n) is 3.06. The molecule has 0 radical (unpaired) electrons. The molecule has 0 bridgehead atoms. The van der Waals surface area contributed by atoms with E-state index in [1.165, 1.54) is 17.1 Å². The van der Waals surface area contributed by atoms with Crippen LogP contribution in [0.25, 0.3) is 0 Å². The molecule has 0 N–H and O–H groups in total. The lowest BCUT2D eigenvalue weighted by Gasteiger charge is -2.31. The summed E-state index contributed by atoms with van der Waals surface area (Å²) >= 11 is 1.51. The van der Waals surface area contributed by atoms with Gasteiger partial charge in [-0.2, -0.15) is 0 Å². The van der Waals surface area contributed by atoms with Gasteiger partial charge >= 0.3 is 0 Å². The molecule has 0 atom stereocenters. The molecule has 0 amide bonds. The monoisotopic (exact) mass is 332 g/mol. The number of piperidine rings is 1. The Balaban J connectivity index is 1.53. The molecule has 0 unspecified atom stereocenters. The molecule has 5 nitrogen and oxygen atoms in total. The van der Waals surface area contributed by atoms with Crippen LogP contribution in [0.3, 0.4) is 0 Å². The standard InChI is InChI=1S/C17H24N4OS/c1-13(2)16-7-17(22)21(12-18-16)10-14-3-5-20(6-4-14)9-15-8-19-23-11-15/h7-8,11-14H,3-6,9-10H2,1-2H3. The Kier molecular flexibility index (Phi) is 5.23. The van der Waals surface area contributed by atoms with Crippen molar-refractivity contribution in [3.63, 3.8) is 0 Å². The van der Waals surface area contributed by atoms with Crippen LogP contribution >= 0.6 is 11.5 Å². The van der Waals surface area contributed by atoms with Crippen molar-refractivity contribution in [1.82, 2.24) is 18.8 Å². The van der Waals surface area contributed by atoms with Gasteiger partial charge in [0.25, 0.3) is 5.56 Å². The SMILES string of the molecule is CC(C)c1cc(=O)n(CC2CCN(Cc3cnsc3)CC2)cn1. The van der Waals surface area contributed by atoms with Gasteiger partial charge in [-0.05, 0) is 54.9 Å². The molecular weight excluding hydrogens is 308 g/mol. The highest BCUT2D eigenvalue weighted by Gasteiger charge is 2.20. The van der Waals surface area contributed by atoms with Gasteiger partial charge in [0.05, 0.1) is 12.0 Å². The van der Waals surface area contributed by atoms with E-state index in [0.29, 0.717) is 11.8 Å². The summed E-state index contributed by atoms with van der Waals surface area (Å²) in [5.41, 5.74) is 2.26. The van der Waals surface area contributed by atoms with Crippen LogP contribution in [0.2, 0.25) is 0 Å². The summed E-state index contributed by atoms with van der Waals surface area (Å²) in [6, 6.07) is 1.68. The average molecular weight is 332 g/mol. The first-order chi connectivity index (χ1) is 11.1. The zero-order chi connectivity index (χ0) is 16.2. The number of hydrogen-bond donors (Lipinski definition) is 0. The first kappa shape index (κ1) is 16.3. The van der Waals surface area contributed by atoms with E-state index in [1.54, 1.807) is 17.0 Å². The summed E-state index contributed by atoms with van der Waals surface area (Å²) in [6.45, 7) is 8.08. The van der Waals surface area contributed by atoms with Crippen LogP contribution in [-0.2, 0) is 13.1 Å².